The van der Waals surface area contributed by atoms with Crippen LogP contribution in [0.5, 0.6) is 0 Å². The van der Waals surface area contributed by atoms with Gasteiger partial charge in [-0.15, -0.1) is 0 Å². The van der Waals surface area contributed by atoms with Crippen LogP contribution in [0.25, 0.3) is 0 Å². The first-order valence-electron chi connectivity index (χ1n) is 6.52. The molecule has 0 aromatic heterocycles. The lowest BCUT2D eigenvalue weighted by Gasteiger charge is -2.26. The average Bonchev–Trinajstić information content (AvgIpc) is 3.05. The third kappa shape index (κ3) is 6.03. The number of hydrogen-bond acceptors (Lipinski definition) is 3. The van der Waals surface area contributed by atoms with Gasteiger partial charge in [-0.05, 0) is 38.8 Å². The normalized spacial score (nSPS) is 16.5. The van der Waals surface area contributed by atoms with E-state index in [1.165, 1.54) is 12.8 Å². The van der Waals surface area contributed by atoms with E-state index in [2.05, 4.69) is 11.9 Å². The van der Waals surface area contributed by atoms with Crippen molar-refractivity contribution < 1.29 is 4.74 Å². The van der Waals surface area contributed by atoms with Gasteiger partial charge in [0.2, 0.25) is 0 Å². The molecule has 0 aromatic rings. The highest BCUT2D eigenvalue weighted by Crippen LogP contribution is 2.28. The van der Waals surface area contributed by atoms with E-state index < -0.39 is 0 Å². The first-order chi connectivity index (χ1) is 7.92. The number of ether oxygens (including phenoxy) is 1. The first-order valence-corrected chi connectivity index (χ1v) is 6.52. The molecule has 0 amide bonds. The Morgan fingerprint density at radius 1 is 1.41 bits per heavy atom. The molecule has 1 fully saturated rings. The van der Waals surface area contributed by atoms with Crippen molar-refractivity contribution in [1.29, 1.82) is 5.41 Å². The minimum atomic E-state index is -0.191. The molecule has 0 bridgehead atoms. The maximum atomic E-state index is 7.50. The zero-order valence-corrected chi connectivity index (χ0v) is 11.5. The molecule has 0 atom stereocenters. The topological polar surface area (TPSA) is 62.3 Å². The SMILES string of the molecule is CN(CCOCC1CC1)CCC(C)(C)C(=N)N. The summed E-state index contributed by atoms with van der Waals surface area (Å²) in [6.07, 6.45) is 3.62. The second kappa shape index (κ2) is 6.36. The third-order valence-electron chi connectivity index (χ3n) is 3.52. The first kappa shape index (κ1) is 14.5. The number of amidine groups is 1. The molecule has 0 aliphatic heterocycles. The Labute approximate surface area is 105 Å². The van der Waals surface area contributed by atoms with Crippen LogP contribution >= 0.6 is 0 Å². The van der Waals surface area contributed by atoms with Crippen LogP contribution in [-0.2, 0) is 4.74 Å². The highest BCUT2D eigenvalue weighted by atomic mass is 16.5. The number of nitrogens with zero attached hydrogens (tertiary/aromatic N) is 1. The van der Waals surface area contributed by atoms with Crippen molar-refractivity contribution in [3.8, 4) is 0 Å². The van der Waals surface area contributed by atoms with Gasteiger partial charge in [-0.1, -0.05) is 13.8 Å². The Balaban J connectivity index is 2.03. The fourth-order valence-electron chi connectivity index (χ4n) is 1.47. The molecule has 0 unspecified atom stereocenters. The summed E-state index contributed by atoms with van der Waals surface area (Å²) < 4.78 is 5.60. The number of nitrogens with two attached hydrogens (primary N) is 1. The predicted octanol–water partition coefficient (Wildman–Crippen LogP) is 1.70. The van der Waals surface area contributed by atoms with E-state index in [1.807, 2.05) is 13.8 Å². The van der Waals surface area contributed by atoms with Gasteiger partial charge >= 0.3 is 0 Å². The van der Waals surface area contributed by atoms with Crippen molar-refractivity contribution >= 4 is 5.84 Å². The van der Waals surface area contributed by atoms with Gasteiger partial charge in [-0.25, -0.2) is 0 Å². The Bertz CT molecular complexity index is 249. The molecular formula is C13H27N3O. The molecule has 0 radical (unpaired) electrons. The van der Waals surface area contributed by atoms with Gasteiger partial charge in [-0.2, -0.15) is 0 Å². The van der Waals surface area contributed by atoms with Crippen LogP contribution in [0.15, 0.2) is 0 Å². The van der Waals surface area contributed by atoms with E-state index >= 15 is 0 Å². The van der Waals surface area contributed by atoms with Gasteiger partial charge in [-0.3, -0.25) is 5.41 Å². The van der Waals surface area contributed by atoms with Crippen molar-refractivity contribution in [2.24, 2.45) is 17.1 Å². The van der Waals surface area contributed by atoms with Crippen molar-refractivity contribution in [2.45, 2.75) is 33.1 Å². The lowest BCUT2D eigenvalue weighted by molar-refractivity contribution is 0.101. The lowest BCUT2D eigenvalue weighted by Crippen LogP contribution is -2.35. The van der Waals surface area contributed by atoms with E-state index in [0.29, 0.717) is 0 Å². The molecule has 100 valence electrons. The smallest absolute Gasteiger partial charge is 0.0963 e. The zero-order chi connectivity index (χ0) is 12.9. The number of hydrogen-bond donors (Lipinski definition) is 2. The highest BCUT2D eigenvalue weighted by molar-refractivity contribution is 5.82. The average molecular weight is 241 g/mol. The molecule has 0 spiro atoms. The third-order valence-corrected chi connectivity index (χ3v) is 3.52. The van der Waals surface area contributed by atoms with Gasteiger partial charge < -0.3 is 15.4 Å². The van der Waals surface area contributed by atoms with Crippen LogP contribution in [0.2, 0.25) is 0 Å². The molecule has 0 aromatic carbocycles. The van der Waals surface area contributed by atoms with E-state index in [-0.39, 0.29) is 11.3 Å². The van der Waals surface area contributed by atoms with Crippen LogP contribution < -0.4 is 5.73 Å². The van der Waals surface area contributed by atoms with Crippen molar-refractivity contribution in [3.63, 3.8) is 0 Å². The van der Waals surface area contributed by atoms with E-state index in [1.54, 1.807) is 0 Å². The zero-order valence-electron chi connectivity index (χ0n) is 11.5. The lowest BCUT2D eigenvalue weighted by atomic mass is 9.88. The second-order valence-electron chi connectivity index (χ2n) is 5.87. The summed E-state index contributed by atoms with van der Waals surface area (Å²) in [4.78, 5) is 2.25. The van der Waals surface area contributed by atoms with Gasteiger partial charge in [0.05, 0.1) is 12.4 Å². The number of nitrogens with one attached hydrogen (secondary N) is 1. The summed E-state index contributed by atoms with van der Waals surface area (Å²) in [5.41, 5.74) is 5.37. The molecule has 1 aliphatic carbocycles. The molecule has 0 saturated heterocycles. The Hall–Kier alpha value is -0.610. The molecule has 4 nitrogen and oxygen atoms in total. The Kier molecular flexibility index (Phi) is 5.40. The van der Waals surface area contributed by atoms with E-state index in [9.17, 15) is 0 Å². The van der Waals surface area contributed by atoms with Gasteiger partial charge in [0.15, 0.2) is 0 Å². The standard InChI is InChI=1S/C13H27N3O/c1-13(2,12(14)15)6-7-16(3)8-9-17-10-11-4-5-11/h11H,4-10H2,1-3H3,(H3,14,15). The van der Waals surface area contributed by atoms with Crippen LogP contribution in [-0.4, -0.2) is 44.1 Å². The van der Waals surface area contributed by atoms with Crippen molar-refractivity contribution in [2.75, 3.05) is 33.4 Å². The molecule has 1 saturated carbocycles. The van der Waals surface area contributed by atoms with Crippen LogP contribution in [0.3, 0.4) is 0 Å². The largest absolute Gasteiger partial charge is 0.387 e. The fourth-order valence-corrected chi connectivity index (χ4v) is 1.47. The summed E-state index contributed by atoms with van der Waals surface area (Å²) in [6.45, 7) is 7.71. The Morgan fingerprint density at radius 3 is 2.59 bits per heavy atom. The summed E-state index contributed by atoms with van der Waals surface area (Å²) in [6, 6.07) is 0. The highest BCUT2D eigenvalue weighted by Gasteiger charge is 2.22. The van der Waals surface area contributed by atoms with Crippen LogP contribution in [0.4, 0.5) is 0 Å². The fraction of sp³-hybridized carbons (Fsp3) is 0.923. The molecule has 17 heavy (non-hydrogen) atoms. The molecular weight excluding hydrogens is 214 g/mol. The quantitative estimate of drug-likeness (QED) is 0.367. The van der Waals surface area contributed by atoms with Crippen molar-refractivity contribution in [1.82, 2.24) is 4.90 Å². The van der Waals surface area contributed by atoms with Gasteiger partial charge in [0.25, 0.3) is 0 Å². The predicted molar refractivity (Wildman–Crippen MR) is 71.4 cm³/mol. The maximum absolute atomic E-state index is 7.50. The monoisotopic (exact) mass is 241 g/mol. The van der Waals surface area contributed by atoms with Crippen LogP contribution in [0.1, 0.15) is 33.1 Å². The van der Waals surface area contributed by atoms with Gasteiger partial charge in [0.1, 0.15) is 0 Å². The van der Waals surface area contributed by atoms with Crippen LogP contribution in [0, 0.1) is 16.7 Å². The Morgan fingerprint density at radius 2 is 2.06 bits per heavy atom. The number of likely N-dealkylation sites (N-methyl/N-ethyl adjacent to an activating group) is 1. The van der Waals surface area contributed by atoms with E-state index in [0.717, 1.165) is 38.6 Å². The van der Waals surface area contributed by atoms with E-state index in [4.69, 9.17) is 15.9 Å². The maximum Gasteiger partial charge on any atom is 0.0963 e. The van der Waals surface area contributed by atoms with Gasteiger partial charge in [0, 0.05) is 18.6 Å². The molecule has 0 heterocycles. The summed E-state index contributed by atoms with van der Waals surface area (Å²) >= 11 is 0. The molecule has 4 heteroatoms. The molecule has 1 rings (SSSR count). The molecule has 3 N–H and O–H groups in total. The van der Waals surface area contributed by atoms with Crippen molar-refractivity contribution in [3.05, 3.63) is 0 Å². The summed E-state index contributed by atoms with van der Waals surface area (Å²) in [5.74, 6) is 1.12. The minimum Gasteiger partial charge on any atom is -0.387 e. The minimum absolute atomic E-state index is 0.191. The summed E-state index contributed by atoms with van der Waals surface area (Å²) in [7, 11) is 2.09. The second-order valence-corrected chi connectivity index (χ2v) is 5.87. The molecule has 1 aliphatic rings. The number of rotatable bonds is 9. The summed E-state index contributed by atoms with van der Waals surface area (Å²) in [5, 5.41) is 7.50.